The zero-order chi connectivity index (χ0) is 17.9. The lowest BCUT2D eigenvalue weighted by molar-refractivity contribution is 0.416. The van der Waals surface area contributed by atoms with E-state index in [0.717, 1.165) is 44.2 Å². The van der Waals surface area contributed by atoms with Crippen molar-refractivity contribution in [1.82, 2.24) is 0 Å². The van der Waals surface area contributed by atoms with Crippen LogP contribution in [0.5, 0.6) is 11.5 Å². The molecule has 0 aliphatic carbocycles. The van der Waals surface area contributed by atoms with Crippen molar-refractivity contribution in [2.24, 2.45) is 0 Å². The number of hydrogen-bond acceptors (Lipinski definition) is 2. The molecule has 0 amide bonds. The van der Waals surface area contributed by atoms with E-state index >= 15 is 0 Å². The fraction of sp³-hybridized carbons (Fsp3) is 0.0417. The first-order chi connectivity index (χ1) is 12.8. The van der Waals surface area contributed by atoms with Gasteiger partial charge in [-0.3, -0.25) is 0 Å². The zero-order valence-electron chi connectivity index (χ0n) is 14.5. The molecule has 2 heteroatoms. The Balaban J connectivity index is 2.17. The van der Waals surface area contributed by atoms with Crippen molar-refractivity contribution in [2.75, 3.05) is 7.11 Å². The second-order valence-electron chi connectivity index (χ2n) is 5.96. The second-order valence-corrected chi connectivity index (χ2v) is 5.96. The molecule has 0 aromatic heterocycles. The molecular formula is C24H18O2. The summed E-state index contributed by atoms with van der Waals surface area (Å²) in [5, 5.41) is 4.53. The van der Waals surface area contributed by atoms with Crippen LogP contribution >= 0.6 is 0 Å². The monoisotopic (exact) mass is 338 g/mol. The number of fused-ring (bicyclic) bond motifs is 2. The van der Waals surface area contributed by atoms with Gasteiger partial charge < -0.3 is 9.47 Å². The third-order valence-electron chi connectivity index (χ3n) is 4.52. The van der Waals surface area contributed by atoms with E-state index in [4.69, 9.17) is 9.47 Å². The van der Waals surface area contributed by atoms with Crippen molar-refractivity contribution < 1.29 is 9.47 Å². The first-order valence-electron chi connectivity index (χ1n) is 8.42. The summed E-state index contributed by atoms with van der Waals surface area (Å²) in [4.78, 5) is 0. The van der Waals surface area contributed by atoms with E-state index in [2.05, 4.69) is 48.7 Å². The van der Waals surface area contributed by atoms with E-state index in [1.54, 1.807) is 7.11 Å². The van der Waals surface area contributed by atoms with Gasteiger partial charge in [-0.05, 0) is 33.7 Å². The second kappa shape index (κ2) is 6.79. The first-order valence-corrected chi connectivity index (χ1v) is 8.42. The summed E-state index contributed by atoms with van der Waals surface area (Å²) < 4.78 is 11.6. The lowest BCUT2D eigenvalue weighted by Gasteiger charge is -2.17. The summed E-state index contributed by atoms with van der Waals surface area (Å²) in [6.45, 7) is 3.59. The number of rotatable bonds is 4. The highest BCUT2D eigenvalue weighted by Gasteiger charge is 2.18. The van der Waals surface area contributed by atoms with Crippen molar-refractivity contribution in [1.29, 1.82) is 0 Å². The Hall–Kier alpha value is -3.48. The zero-order valence-corrected chi connectivity index (χ0v) is 14.5. The number of hydrogen-bond donors (Lipinski definition) is 0. The van der Waals surface area contributed by atoms with Crippen molar-refractivity contribution in [3.05, 3.63) is 91.4 Å². The van der Waals surface area contributed by atoms with Crippen molar-refractivity contribution in [2.45, 2.75) is 0 Å². The smallest absolute Gasteiger partial charge is 0.136 e. The van der Waals surface area contributed by atoms with Gasteiger partial charge in [0.05, 0.1) is 7.11 Å². The summed E-state index contributed by atoms with van der Waals surface area (Å²) in [5.41, 5.74) is 4.71. The van der Waals surface area contributed by atoms with Crippen molar-refractivity contribution in [3.63, 3.8) is 0 Å². The molecule has 126 valence electrons. The highest BCUT2D eigenvalue weighted by atomic mass is 16.5. The number of benzene rings is 4. The Bertz CT molecular complexity index is 1150. The molecule has 0 spiro atoms. The summed E-state index contributed by atoms with van der Waals surface area (Å²) >= 11 is 0. The molecule has 0 N–H and O–H groups in total. The molecule has 0 aliphatic heterocycles. The predicted octanol–water partition coefficient (Wildman–Crippen LogP) is 6.35. The van der Waals surface area contributed by atoms with Gasteiger partial charge in [0.1, 0.15) is 17.8 Å². The molecule has 0 unspecified atom stereocenters. The normalized spacial score (nSPS) is 10.5. The number of ether oxygens (including phenoxy) is 2. The molecule has 0 atom stereocenters. The molecule has 26 heavy (non-hydrogen) atoms. The van der Waals surface area contributed by atoms with E-state index in [9.17, 15) is 0 Å². The average Bonchev–Trinajstić information content (AvgIpc) is 2.71. The molecule has 0 heterocycles. The van der Waals surface area contributed by atoms with Crippen molar-refractivity contribution >= 4 is 21.5 Å². The Labute approximate surface area is 152 Å². The van der Waals surface area contributed by atoms with E-state index in [1.165, 1.54) is 6.26 Å². The molecule has 0 aliphatic rings. The Morgan fingerprint density at radius 1 is 0.731 bits per heavy atom. The van der Waals surface area contributed by atoms with E-state index in [0.29, 0.717) is 0 Å². The largest absolute Gasteiger partial charge is 0.496 e. The van der Waals surface area contributed by atoms with Gasteiger partial charge in [-0.15, -0.1) is 0 Å². The molecule has 0 saturated heterocycles. The summed E-state index contributed by atoms with van der Waals surface area (Å²) in [6.07, 6.45) is 1.48. The van der Waals surface area contributed by atoms with E-state index < -0.39 is 0 Å². The first kappa shape index (κ1) is 16.0. The van der Waals surface area contributed by atoms with Crippen LogP contribution in [-0.4, -0.2) is 7.11 Å². The molecule has 4 rings (SSSR count). The molecule has 0 saturated carbocycles. The van der Waals surface area contributed by atoms with Crippen LogP contribution in [0.3, 0.4) is 0 Å². The minimum Gasteiger partial charge on any atom is -0.496 e. The minimum absolute atomic E-state index is 0.745. The third kappa shape index (κ3) is 2.63. The Morgan fingerprint density at radius 3 is 1.85 bits per heavy atom. The van der Waals surface area contributed by atoms with E-state index in [1.807, 2.05) is 36.4 Å². The highest BCUT2D eigenvalue weighted by molar-refractivity contribution is 6.09. The predicted molar refractivity (Wildman–Crippen MR) is 108 cm³/mol. The van der Waals surface area contributed by atoms with Crippen LogP contribution in [0.1, 0.15) is 0 Å². The van der Waals surface area contributed by atoms with Gasteiger partial charge >= 0.3 is 0 Å². The van der Waals surface area contributed by atoms with Gasteiger partial charge in [0.25, 0.3) is 0 Å². The standard InChI is InChI=1S/C24H18O2/c1-3-16-26-22-15-13-18-9-5-7-11-20(18)24(22)23-19-10-6-4-8-17(19)12-14-21(23)25-2/h4-16H,1H2,2H3. The summed E-state index contributed by atoms with van der Waals surface area (Å²) in [5.74, 6) is 1.56. The third-order valence-corrected chi connectivity index (χ3v) is 4.52. The molecule has 0 radical (unpaired) electrons. The Morgan fingerprint density at radius 2 is 1.27 bits per heavy atom. The number of methoxy groups -OCH3 is 1. The van der Waals surface area contributed by atoms with Crippen LogP contribution in [0.15, 0.2) is 91.4 Å². The molecule has 0 fully saturated rings. The SMILES string of the molecule is C=C=COc1ccc2ccccc2c1-c1c(OC)ccc2ccccc12. The minimum atomic E-state index is 0.745. The van der Waals surface area contributed by atoms with Crippen LogP contribution in [0.4, 0.5) is 0 Å². The van der Waals surface area contributed by atoms with Crippen LogP contribution in [0.25, 0.3) is 32.7 Å². The fourth-order valence-electron chi connectivity index (χ4n) is 3.39. The molecule has 4 aromatic carbocycles. The maximum atomic E-state index is 5.84. The molecule has 0 bridgehead atoms. The van der Waals surface area contributed by atoms with E-state index in [-0.39, 0.29) is 0 Å². The maximum absolute atomic E-state index is 5.84. The fourth-order valence-corrected chi connectivity index (χ4v) is 3.39. The molecular weight excluding hydrogens is 320 g/mol. The summed E-state index contributed by atoms with van der Waals surface area (Å²) in [6, 6.07) is 24.7. The van der Waals surface area contributed by atoms with Crippen LogP contribution < -0.4 is 9.47 Å². The average molecular weight is 338 g/mol. The van der Waals surface area contributed by atoms with Gasteiger partial charge in [-0.1, -0.05) is 73.0 Å². The molecule has 4 aromatic rings. The highest BCUT2D eigenvalue weighted by Crippen LogP contribution is 2.45. The van der Waals surface area contributed by atoms with Gasteiger partial charge in [0, 0.05) is 11.1 Å². The van der Waals surface area contributed by atoms with Crippen LogP contribution in [0, 0.1) is 0 Å². The van der Waals surface area contributed by atoms with Crippen LogP contribution in [0.2, 0.25) is 0 Å². The topological polar surface area (TPSA) is 18.5 Å². The lowest BCUT2D eigenvalue weighted by atomic mass is 9.92. The summed E-state index contributed by atoms with van der Waals surface area (Å²) in [7, 11) is 1.70. The lowest BCUT2D eigenvalue weighted by Crippen LogP contribution is -1.94. The Kier molecular flexibility index (Phi) is 4.18. The van der Waals surface area contributed by atoms with Crippen molar-refractivity contribution in [3.8, 4) is 22.6 Å². The van der Waals surface area contributed by atoms with Gasteiger partial charge in [-0.2, -0.15) is 0 Å². The van der Waals surface area contributed by atoms with Gasteiger partial charge in [0.15, 0.2) is 0 Å². The quantitative estimate of drug-likeness (QED) is 0.319. The maximum Gasteiger partial charge on any atom is 0.136 e. The van der Waals surface area contributed by atoms with Crippen LogP contribution in [-0.2, 0) is 0 Å². The molecule has 2 nitrogen and oxygen atoms in total. The van der Waals surface area contributed by atoms with Gasteiger partial charge in [0.2, 0.25) is 0 Å². The van der Waals surface area contributed by atoms with Gasteiger partial charge in [-0.25, -0.2) is 0 Å².